The van der Waals surface area contributed by atoms with Crippen LogP contribution in [0.1, 0.15) is 29.2 Å². The maximum Gasteiger partial charge on any atom is 0.203 e. The average Bonchev–Trinajstić information content (AvgIpc) is 3.29. The molecule has 0 atom stereocenters. The highest BCUT2D eigenvalue weighted by atomic mass is 28.3. The second-order valence-corrected chi connectivity index (χ2v) is 15.5. The number of hydrogen-bond acceptors (Lipinski definition) is 2. The summed E-state index contributed by atoms with van der Waals surface area (Å²) < 4.78 is 7.84. The molecule has 0 radical (unpaired) electrons. The molecule has 0 aromatic heterocycles. The van der Waals surface area contributed by atoms with E-state index >= 15 is 0 Å². The van der Waals surface area contributed by atoms with Crippen molar-refractivity contribution in [1.82, 2.24) is 4.58 Å². The fourth-order valence-corrected chi connectivity index (χ4v) is 9.52. The van der Waals surface area contributed by atoms with Crippen LogP contribution in [0.5, 0.6) is 5.75 Å². The molecule has 0 aliphatic carbocycles. The van der Waals surface area contributed by atoms with E-state index in [1.807, 2.05) is 12.1 Å². The van der Waals surface area contributed by atoms with E-state index in [9.17, 15) is 0 Å². The number of hydrogen-bond donors (Lipinski definition) is 0. The topological polar surface area (TPSA) is 15.5 Å². The first-order valence-corrected chi connectivity index (χ1v) is 16.7. The van der Waals surface area contributed by atoms with Gasteiger partial charge in [0.2, 0.25) is 5.36 Å². The van der Waals surface area contributed by atoms with Crippen LogP contribution in [-0.2, 0) is 6.42 Å². The number of anilines is 2. The van der Waals surface area contributed by atoms with Crippen molar-refractivity contribution in [2.45, 2.75) is 33.4 Å². The summed E-state index contributed by atoms with van der Waals surface area (Å²) in [6, 6.07) is 29.6. The number of nitrogens with zero attached hydrogens (tertiary/aromatic N) is 2. The number of rotatable bonds is 5. The van der Waals surface area contributed by atoms with Gasteiger partial charge in [-0.25, -0.2) is 4.58 Å². The number of likely N-dealkylation sites (N-methyl/N-ethyl adjacent to an activating group) is 1. The zero-order chi connectivity index (χ0) is 26.6. The number of methoxy groups -OCH3 is 1. The van der Waals surface area contributed by atoms with Crippen molar-refractivity contribution in [3.63, 3.8) is 0 Å². The van der Waals surface area contributed by atoms with Crippen molar-refractivity contribution in [3.8, 4) is 5.75 Å². The Morgan fingerprint density at radius 1 is 0.868 bits per heavy atom. The zero-order valence-corrected chi connectivity index (χ0v) is 24.4. The van der Waals surface area contributed by atoms with Gasteiger partial charge in [-0.1, -0.05) is 43.4 Å². The molecule has 2 aliphatic heterocycles. The average molecular weight is 518 g/mol. The van der Waals surface area contributed by atoms with E-state index in [4.69, 9.17) is 4.74 Å². The van der Waals surface area contributed by atoms with Crippen molar-refractivity contribution in [2.24, 2.45) is 0 Å². The lowest BCUT2D eigenvalue weighted by Gasteiger charge is -2.35. The van der Waals surface area contributed by atoms with Crippen LogP contribution in [0.25, 0.3) is 5.57 Å². The lowest BCUT2D eigenvalue weighted by Crippen LogP contribution is -2.63. The van der Waals surface area contributed by atoms with Gasteiger partial charge in [-0.15, -0.1) is 0 Å². The minimum Gasteiger partial charge on any atom is -0.497 e. The van der Waals surface area contributed by atoms with Crippen molar-refractivity contribution in [2.75, 3.05) is 32.1 Å². The molecule has 3 nitrogen and oxygen atoms in total. The molecule has 6 rings (SSSR count). The molecule has 0 saturated heterocycles. The summed E-state index contributed by atoms with van der Waals surface area (Å²) in [6.07, 6.45) is 1.13. The second kappa shape index (κ2) is 9.28. The molecule has 0 spiro atoms. The van der Waals surface area contributed by atoms with Gasteiger partial charge in [0.1, 0.15) is 27.4 Å². The van der Waals surface area contributed by atoms with E-state index in [1.165, 1.54) is 55.0 Å². The van der Waals surface area contributed by atoms with Crippen LogP contribution < -0.4 is 35.2 Å². The molecule has 38 heavy (non-hydrogen) atoms. The maximum atomic E-state index is 5.41. The Bertz CT molecular complexity index is 1690. The first-order chi connectivity index (χ1) is 18.3. The molecule has 0 unspecified atom stereocenters. The van der Waals surface area contributed by atoms with Crippen molar-refractivity contribution >= 4 is 35.4 Å². The molecular formula is C34H37N2OSi+. The summed E-state index contributed by atoms with van der Waals surface area (Å²) in [4.78, 5) is 2.41. The smallest absolute Gasteiger partial charge is 0.203 e. The van der Waals surface area contributed by atoms with E-state index in [0.717, 1.165) is 25.3 Å². The van der Waals surface area contributed by atoms with E-state index in [0.29, 0.717) is 0 Å². The number of fused-ring (bicyclic) bond motifs is 3. The third-order valence-corrected chi connectivity index (χ3v) is 12.2. The molecule has 0 saturated carbocycles. The fraction of sp³-hybridized carbons (Fsp3) is 0.265. The lowest BCUT2D eigenvalue weighted by molar-refractivity contribution is 0.415. The molecule has 4 aromatic carbocycles. The third-order valence-electron chi connectivity index (χ3n) is 8.66. The quantitative estimate of drug-likeness (QED) is 0.291. The summed E-state index contributed by atoms with van der Waals surface area (Å²) in [6.45, 7) is 11.5. The minimum absolute atomic E-state index is 0.885. The Morgan fingerprint density at radius 3 is 2.32 bits per heavy atom. The predicted molar refractivity (Wildman–Crippen MR) is 163 cm³/mol. The van der Waals surface area contributed by atoms with Crippen LogP contribution in [0.2, 0.25) is 13.1 Å². The largest absolute Gasteiger partial charge is 0.497 e. The van der Waals surface area contributed by atoms with Crippen molar-refractivity contribution in [3.05, 3.63) is 112 Å². The normalized spacial score (nSPS) is 15.1. The van der Waals surface area contributed by atoms with E-state index in [2.05, 4.69) is 110 Å². The molecule has 4 aromatic rings. The summed E-state index contributed by atoms with van der Waals surface area (Å²) in [5.41, 5.74) is 9.41. The Balaban J connectivity index is 1.63. The van der Waals surface area contributed by atoms with E-state index in [1.54, 1.807) is 12.3 Å². The molecular weight excluding hydrogens is 480 g/mol. The van der Waals surface area contributed by atoms with E-state index < -0.39 is 8.07 Å². The van der Waals surface area contributed by atoms with Gasteiger partial charge in [0, 0.05) is 36.0 Å². The van der Waals surface area contributed by atoms with Gasteiger partial charge in [-0.3, -0.25) is 0 Å². The highest BCUT2D eigenvalue weighted by Crippen LogP contribution is 2.32. The standard InChI is InChI=1S/C34H37N2OSi/c1-7-36(25-12-15-27(37-4)16-13-25)26-14-17-29-32(21-26)38(5,6)33-22-31-24(18-19-35(31)3)20-30(33)34(29)28-11-9-8-10-23(28)2/h8-17,20-22H,7,18-19H2,1-6H3/q+1. The van der Waals surface area contributed by atoms with Gasteiger partial charge in [0.15, 0.2) is 0 Å². The van der Waals surface area contributed by atoms with Crippen LogP contribution in [-0.4, -0.2) is 35.3 Å². The molecule has 0 fully saturated rings. The summed E-state index contributed by atoms with van der Waals surface area (Å²) in [5.74, 6) is 0.885. The first kappa shape index (κ1) is 24.7. The molecule has 4 heteroatoms. The van der Waals surface area contributed by atoms with Crippen molar-refractivity contribution < 1.29 is 4.74 Å². The van der Waals surface area contributed by atoms with E-state index in [-0.39, 0.29) is 0 Å². The van der Waals surface area contributed by atoms with Crippen LogP contribution in [0.3, 0.4) is 0 Å². The van der Waals surface area contributed by atoms with Gasteiger partial charge in [0.25, 0.3) is 0 Å². The summed E-state index contributed by atoms with van der Waals surface area (Å²) in [7, 11) is 1.96. The van der Waals surface area contributed by atoms with Gasteiger partial charge in [-0.05, 0) is 94.2 Å². The zero-order valence-electron chi connectivity index (χ0n) is 23.4. The highest BCUT2D eigenvalue weighted by molar-refractivity contribution is 7.01. The second-order valence-electron chi connectivity index (χ2n) is 11.2. The lowest BCUT2D eigenvalue weighted by atomic mass is 9.91. The Morgan fingerprint density at radius 2 is 1.61 bits per heavy atom. The summed E-state index contributed by atoms with van der Waals surface area (Å²) >= 11 is 0. The third kappa shape index (κ3) is 3.81. The Labute approximate surface area is 227 Å². The number of benzene rings is 4. The predicted octanol–water partition coefficient (Wildman–Crippen LogP) is 4.22. The Hall–Kier alpha value is -3.63. The monoisotopic (exact) mass is 517 g/mol. The molecule has 0 amide bonds. The molecule has 2 aliphatic rings. The number of aryl methyl sites for hydroxylation is 1. The van der Waals surface area contributed by atoms with Crippen LogP contribution >= 0.6 is 0 Å². The first-order valence-electron chi connectivity index (χ1n) is 13.7. The Kier molecular flexibility index (Phi) is 6.03. The highest BCUT2D eigenvalue weighted by Gasteiger charge is 2.37. The molecule has 2 heterocycles. The molecule has 192 valence electrons. The summed E-state index contributed by atoms with van der Waals surface area (Å²) in [5, 5.41) is 5.95. The minimum atomic E-state index is -2.00. The maximum absolute atomic E-state index is 5.41. The van der Waals surface area contributed by atoms with Gasteiger partial charge in [-0.2, -0.15) is 0 Å². The van der Waals surface area contributed by atoms with Crippen molar-refractivity contribution in [1.29, 1.82) is 0 Å². The van der Waals surface area contributed by atoms with Crippen LogP contribution in [0, 0.1) is 6.92 Å². The molecule has 0 N–H and O–H groups in total. The van der Waals surface area contributed by atoms with Crippen LogP contribution in [0.15, 0.2) is 78.9 Å². The SMILES string of the molecule is CCN(c1ccc(OC)cc1)c1ccc2c(c1)[Si](C)(C)c1cc3c(cc1=C2c1ccccc1C)CC[N+]=3C. The van der Waals surface area contributed by atoms with Gasteiger partial charge >= 0.3 is 0 Å². The molecule has 0 bridgehead atoms. The fourth-order valence-electron chi connectivity index (χ4n) is 6.47. The number of ether oxygens (including phenoxy) is 1. The van der Waals surface area contributed by atoms with Gasteiger partial charge in [0.05, 0.1) is 7.11 Å². The van der Waals surface area contributed by atoms with Crippen LogP contribution in [0.4, 0.5) is 11.4 Å². The van der Waals surface area contributed by atoms with Gasteiger partial charge < -0.3 is 9.64 Å².